The molecule has 0 heterocycles. The van der Waals surface area contributed by atoms with Gasteiger partial charge in [-0.25, -0.2) is 0 Å². The van der Waals surface area contributed by atoms with Crippen molar-refractivity contribution in [3.63, 3.8) is 0 Å². The third-order valence-corrected chi connectivity index (χ3v) is 4.55. The van der Waals surface area contributed by atoms with Gasteiger partial charge in [0.15, 0.2) is 0 Å². The number of amides is 2. The summed E-state index contributed by atoms with van der Waals surface area (Å²) in [5.74, 6) is -0.683. The van der Waals surface area contributed by atoms with Gasteiger partial charge in [0.1, 0.15) is 5.70 Å². The van der Waals surface area contributed by atoms with Gasteiger partial charge in [-0.05, 0) is 58.3 Å². The summed E-state index contributed by atoms with van der Waals surface area (Å²) in [4.78, 5) is 25.1. The van der Waals surface area contributed by atoms with E-state index in [1.807, 2.05) is 13.0 Å². The quantitative estimate of drug-likeness (QED) is 0.485. The maximum Gasteiger partial charge on any atom is 0.267 e. The molecule has 2 N–H and O–H groups in total. The van der Waals surface area contributed by atoms with Crippen LogP contribution in [0.15, 0.2) is 58.7 Å². The van der Waals surface area contributed by atoms with Crippen LogP contribution < -0.4 is 10.6 Å². The van der Waals surface area contributed by atoms with Crippen molar-refractivity contribution in [3.05, 3.63) is 74.9 Å². The molecule has 0 atom stereocenters. The first-order valence-electron chi connectivity index (χ1n) is 8.32. The molecule has 0 aliphatic rings. The van der Waals surface area contributed by atoms with Gasteiger partial charge in [0.05, 0.1) is 5.56 Å². The lowest BCUT2D eigenvalue weighted by Crippen LogP contribution is -2.35. The van der Waals surface area contributed by atoms with Gasteiger partial charge in [-0.2, -0.15) is 0 Å². The number of nitrogens with one attached hydrogen (secondary N) is 2. The fourth-order valence-corrected chi connectivity index (χ4v) is 2.78. The Bertz CT molecular complexity index is 804. The van der Waals surface area contributed by atoms with Crippen LogP contribution in [0.2, 0.25) is 5.02 Å². The molecule has 0 fully saturated rings. The number of carbonyl (C=O) groups excluding carboxylic acids is 2. The molecule has 0 unspecified atom stereocenters. The Kier molecular flexibility index (Phi) is 7.88. The maximum absolute atomic E-state index is 12.6. The number of halogens is 2. The average Bonchev–Trinajstić information content (AvgIpc) is 2.63. The van der Waals surface area contributed by atoms with E-state index in [9.17, 15) is 9.59 Å². The zero-order valence-electron chi connectivity index (χ0n) is 14.4. The number of hydrogen-bond acceptors (Lipinski definition) is 2. The monoisotopic (exact) mass is 434 g/mol. The van der Waals surface area contributed by atoms with Gasteiger partial charge in [-0.1, -0.05) is 49.2 Å². The standard InChI is InChI=1S/C20H20BrClN2O2/c1-2-3-12-23-20(26)18(13-14-8-10-15(22)11-9-14)24-19(25)16-6-4-5-7-17(16)21/h4-11,13H,2-3,12H2,1H3,(H,23,26)(H,24,25)/b18-13-. The smallest absolute Gasteiger partial charge is 0.267 e. The summed E-state index contributed by atoms with van der Waals surface area (Å²) in [5, 5.41) is 6.14. The van der Waals surface area contributed by atoms with Crippen molar-refractivity contribution in [2.24, 2.45) is 0 Å². The molecule has 2 rings (SSSR count). The zero-order valence-corrected chi connectivity index (χ0v) is 16.7. The second kappa shape index (κ2) is 10.1. The molecule has 6 heteroatoms. The number of unbranched alkanes of at least 4 members (excludes halogenated alkanes) is 1. The molecular formula is C20H20BrClN2O2. The van der Waals surface area contributed by atoms with Gasteiger partial charge in [0.25, 0.3) is 11.8 Å². The maximum atomic E-state index is 12.6. The van der Waals surface area contributed by atoms with Crippen LogP contribution >= 0.6 is 27.5 Å². The van der Waals surface area contributed by atoms with Crippen molar-refractivity contribution >= 4 is 45.4 Å². The normalized spacial score (nSPS) is 11.1. The SMILES string of the molecule is CCCCNC(=O)/C(=C/c1ccc(Cl)cc1)NC(=O)c1ccccc1Br. The van der Waals surface area contributed by atoms with Crippen molar-refractivity contribution in [3.8, 4) is 0 Å². The summed E-state index contributed by atoms with van der Waals surface area (Å²) in [7, 11) is 0. The predicted molar refractivity (Wildman–Crippen MR) is 109 cm³/mol. The Morgan fingerprint density at radius 1 is 1.12 bits per heavy atom. The minimum atomic E-state index is -0.358. The molecule has 0 saturated carbocycles. The van der Waals surface area contributed by atoms with Crippen LogP contribution in [0.3, 0.4) is 0 Å². The highest BCUT2D eigenvalue weighted by Crippen LogP contribution is 2.17. The molecular weight excluding hydrogens is 416 g/mol. The Hall–Kier alpha value is -2.11. The summed E-state index contributed by atoms with van der Waals surface area (Å²) < 4.78 is 0.662. The van der Waals surface area contributed by atoms with Crippen molar-refractivity contribution in [1.82, 2.24) is 10.6 Å². The Morgan fingerprint density at radius 2 is 1.81 bits per heavy atom. The minimum absolute atomic E-state index is 0.184. The van der Waals surface area contributed by atoms with Crippen LogP contribution in [0.5, 0.6) is 0 Å². The average molecular weight is 436 g/mol. The number of hydrogen-bond donors (Lipinski definition) is 2. The largest absolute Gasteiger partial charge is 0.351 e. The Morgan fingerprint density at radius 3 is 2.46 bits per heavy atom. The first-order chi connectivity index (χ1) is 12.5. The van der Waals surface area contributed by atoms with Crippen LogP contribution in [0, 0.1) is 0 Å². The van der Waals surface area contributed by atoms with Crippen LogP contribution in [-0.4, -0.2) is 18.4 Å². The summed E-state index contributed by atoms with van der Waals surface area (Å²) >= 11 is 9.26. The highest BCUT2D eigenvalue weighted by atomic mass is 79.9. The third kappa shape index (κ3) is 6.00. The fraction of sp³-hybridized carbons (Fsp3) is 0.200. The second-order valence-electron chi connectivity index (χ2n) is 5.65. The summed E-state index contributed by atoms with van der Waals surface area (Å²) in [6, 6.07) is 14.1. The number of rotatable bonds is 7. The van der Waals surface area contributed by atoms with E-state index in [2.05, 4.69) is 26.6 Å². The molecule has 2 aromatic rings. The molecule has 2 aromatic carbocycles. The lowest BCUT2D eigenvalue weighted by Gasteiger charge is -2.12. The molecule has 2 amide bonds. The van der Waals surface area contributed by atoms with Crippen LogP contribution in [0.4, 0.5) is 0 Å². The molecule has 136 valence electrons. The van der Waals surface area contributed by atoms with E-state index in [4.69, 9.17) is 11.6 Å². The molecule has 0 aliphatic heterocycles. The van der Waals surface area contributed by atoms with Gasteiger partial charge in [-0.3, -0.25) is 9.59 Å². The van der Waals surface area contributed by atoms with E-state index in [0.717, 1.165) is 18.4 Å². The molecule has 0 aromatic heterocycles. The highest BCUT2D eigenvalue weighted by molar-refractivity contribution is 9.10. The van der Waals surface area contributed by atoms with Gasteiger partial charge in [0, 0.05) is 16.0 Å². The molecule has 0 saturated heterocycles. The Balaban J connectivity index is 2.25. The van der Waals surface area contributed by atoms with E-state index in [1.54, 1.807) is 48.5 Å². The van der Waals surface area contributed by atoms with Crippen LogP contribution in [0.1, 0.15) is 35.7 Å². The van der Waals surface area contributed by atoms with E-state index < -0.39 is 0 Å². The predicted octanol–water partition coefficient (Wildman–Crippen LogP) is 4.79. The van der Waals surface area contributed by atoms with Crippen molar-refractivity contribution in [2.45, 2.75) is 19.8 Å². The van der Waals surface area contributed by atoms with Gasteiger partial charge in [-0.15, -0.1) is 0 Å². The molecule has 0 radical (unpaired) electrons. The Labute approximate surface area is 166 Å². The van der Waals surface area contributed by atoms with Crippen molar-refractivity contribution in [1.29, 1.82) is 0 Å². The van der Waals surface area contributed by atoms with Crippen molar-refractivity contribution in [2.75, 3.05) is 6.54 Å². The lowest BCUT2D eigenvalue weighted by molar-refractivity contribution is -0.117. The number of benzene rings is 2. The number of carbonyl (C=O) groups is 2. The van der Waals surface area contributed by atoms with Gasteiger partial charge >= 0.3 is 0 Å². The zero-order chi connectivity index (χ0) is 18.9. The van der Waals surface area contributed by atoms with Crippen LogP contribution in [0.25, 0.3) is 6.08 Å². The van der Waals surface area contributed by atoms with Crippen molar-refractivity contribution < 1.29 is 9.59 Å². The van der Waals surface area contributed by atoms with Gasteiger partial charge in [0.2, 0.25) is 0 Å². The molecule has 0 bridgehead atoms. The first kappa shape index (κ1) is 20.2. The molecule has 0 spiro atoms. The van der Waals surface area contributed by atoms with Crippen LogP contribution in [-0.2, 0) is 4.79 Å². The van der Waals surface area contributed by atoms with Gasteiger partial charge < -0.3 is 10.6 Å². The summed E-state index contributed by atoms with van der Waals surface area (Å²) in [6.45, 7) is 2.60. The van der Waals surface area contributed by atoms with E-state index in [1.165, 1.54) is 0 Å². The molecule has 4 nitrogen and oxygen atoms in total. The highest BCUT2D eigenvalue weighted by Gasteiger charge is 2.16. The minimum Gasteiger partial charge on any atom is -0.351 e. The third-order valence-electron chi connectivity index (χ3n) is 3.61. The van der Waals surface area contributed by atoms with E-state index in [0.29, 0.717) is 21.6 Å². The molecule has 26 heavy (non-hydrogen) atoms. The molecule has 0 aliphatic carbocycles. The first-order valence-corrected chi connectivity index (χ1v) is 9.49. The van der Waals surface area contributed by atoms with E-state index in [-0.39, 0.29) is 17.5 Å². The lowest BCUT2D eigenvalue weighted by atomic mass is 10.1. The summed E-state index contributed by atoms with van der Waals surface area (Å²) in [6.07, 6.45) is 3.48. The van der Waals surface area contributed by atoms with E-state index >= 15 is 0 Å². The topological polar surface area (TPSA) is 58.2 Å². The fourth-order valence-electron chi connectivity index (χ4n) is 2.19. The second-order valence-corrected chi connectivity index (χ2v) is 6.94. The summed E-state index contributed by atoms with van der Waals surface area (Å²) in [5.41, 5.74) is 1.41.